The maximum absolute atomic E-state index is 11.8. The van der Waals surface area contributed by atoms with E-state index >= 15 is 0 Å². The summed E-state index contributed by atoms with van der Waals surface area (Å²) in [6, 6.07) is 7.24. The first-order valence-electron chi connectivity index (χ1n) is 9.06. The van der Waals surface area contributed by atoms with Gasteiger partial charge in [0.2, 0.25) is 5.91 Å². The van der Waals surface area contributed by atoms with Gasteiger partial charge in [0.25, 0.3) is 0 Å². The number of halogens is 1. The molecule has 1 aromatic carbocycles. The highest BCUT2D eigenvalue weighted by Gasteiger charge is 2.21. The minimum Gasteiger partial charge on any atom is -0.494 e. The summed E-state index contributed by atoms with van der Waals surface area (Å²) in [5.41, 5.74) is 0. The van der Waals surface area contributed by atoms with E-state index in [0.29, 0.717) is 36.7 Å². The molecule has 1 amide bonds. The summed E-state index contributed by atoms with van der Waals surface area (Å²) < 4.78 is 11.3. The van der Waals surface area contributed by atoms with Gasteiger partial charge in [0, 0.05) is 37.6 Å². The van der Waals surface area contributed by atoms with Gasteiger partial charge in [0.15, 0.2) is 0 Å². The summed E-state index contributed by atoms with van der Waals surface area (Å²) in [4.78, 5) is 14.2. The maximum atomic E-state index is 11.8. The average molecular weight is 369 g/mol. The number of ether oxygens (including phenoxy) is 2. The molecule has 1 saturated heterocycles. The van der Waals surface area contributed by atoms with Crippen molar-refractivity contribution in [3.63, 3.8) is 0 Å². The second kappa shape index (κ2) is 10.6. The molecule has 0 bridgehead atoms. The fourth-order valence-electron chi connectivity index (χ4n) is 3.04. The molecule has 0 aromatic heterocycles. The van der Waals surface area contributed by atoms with Crippen LogP contribution in [0.1, 0.15) is 33.1 Å². The molecule has 25 heavy (non-hydrogen) atoms. The Labute approximate surface area is 155 Å². The number of hydrogen-bond acceptors (Lipinski definition) is 4. The SMILES string of the molecule is CC1CN(CCCNC(=O)CCCOc2ccc(Cl)cc2)CC(C)O1. The average Bonchev–Trinajstić information content (AvgIpc) is 2.56. The molecule has 1 aromatic rings. The highest BCUT2D eigenvalue weighted by molar-refractivity contribution is 6.30. The van der Waals surface area contributed by atoms with Gasteiger partial charge in [-0.1, -0.05) is 11.6 Å². The molecule has 2 rings (SSSR count). The molecule has 1 aliphatic heterocycles. The predicted octanol–water partition coefficient (Wildman–Crippen LogP) is 3.11. The maximum Gasteiger partial charge on any atom is 0.220 e. The van der Waals surface area contributed by atoms with Gasteiger partial charge in [-0.25, -0.2) is 0 Å². The Hall–Kier alpha value is -1.30. The molecule has 5 nitrogen and oxygen atoms in total. The van der Waals surface area contributed by atoms with E-state index in [9.17, 15) is 4.79 Å². The number of amides is 1. The Morgan fingerprint density at radius 1 is 1.24 bits per heavy atom. The van der Waals surface area contributed by atoms with Crippen LogP contribution in [0.5, 0.6) is 5.75 Å². The number of rotatable bonds is 9. The van der Waals surface area contributed by atoms with Gasteiger partial charge in [-0.3, -0.25) is 9.69 Å². The molecular weight excluding hydrogens is 340 g/mol. The predicted molar refractivity (Wildman–Crippen MR) is 100 cm³/mol. The van der Waals surface area contributed by atoms with Gasteiger partial charge in [0.05, 0.1) is 18.8 Å². The number of nitrogens with zero attached hydrogens (tertiary/aromatic N) is 1. The first-order valence-corrected chi connectivity index (χ1v) is 9.43. The zero-order chi connectivity index (χ0) is 18.1. The van der Waals surface area contributed by atoms with Gasteiger partial charge in [-0.05, 0) is 51.0 Å². The number of hydrogen-bond donors (Lipinski definition) is 1. The molecule has 1 fully saturated rings. The molecular formula is C19H29ClN2O3. The van der Waals surface area contributed by atoms with Crippen LogP contribution < -0.4 is 10.1 Å². The highest BCUT2D eigenvalue weighted by atomic mass is 35.5. The molecule has 2 atom stereocenters. The van der Waals surface area contributed by atoms with E-state index < -0.39 is 0 Å². The van der Waals surface area contributed by atoms with Crippen LogP contribution in [0.15, 0.2) is 24.3 Å². The number of carbonyl (C=O) groups is 1. The Morgan fingerprint density at radius 2 is 1.92 bits per heavy atom. The lowest BCUT2D eigenvalue weighted by Gasteiger charge is -2.35. The van der Waals surface area contributed by atoms with Crippen molar-refractivity contribution in [3.05, 3.63) is 29.3 Å². The summed E-state index contributed by atoms with van der Waals surface area (Å²) in [7, 11) is 0. The lowest BCUT2D eigenvalue weighted by Crippen LogP contribution is -2.46. The van der Waals surface area contributed by atoms with Crippen molar-refractivity contribution in [2.75, 3.05) is 32.8 Å². The molecule has 0 aliphatic carbocycles. The van der Waals surface area contributed by atoms with E-state index in [-0.39, 0.29) is 5.91 Å². The van der Waals surface area contributed by atoms with Crippen LogP contribution in [0, 0.1) is 0 Å². The lowest BCUT2D eigenvalue weighted by atomic mass is 10.2. The van der Waals surface area contributed by atoms with Crippen LogP contribution in [-0.4, -0.2) is 55.8 Å². The topological polar surface area (TPSA) is 50.8 Å². The molecule has 0 spiro atoms. The molecule has 140 valence electrons. The van der Waals surface area contributed by atoms with E-state index in [0.717, 1.165) is 38.3 Å². The van der Waals surface area contributed by atoms with Crippen molar-refractivity contribution >= 4 is 17.5 Å². The van der Waals surface area contributed by atoms with E-state index in [2.05, 4.69) is 24.1 Å². The smallest absolute Gasteiger partial charge is 0.220 e. The van der Waals surface area contributed by atoms with Crippen molar-refractivity contribution in [2.24, 2.45) is 0 Å². The molecule has 0 saturated carbocycles. The third kappa shape index (κ3) is 8.08. The van der Waals surface area contributed by atoms with Crippen LogP contribution in [-0.2, 0) is 9.53 Å². The summed E-state index contributed by atoms with van der Waals surface area (Å²) in [6.45, 7) is 8.40. The Balaban J connectivity index is 1.49. The summed E-state index contributed by atoms with van der Waals surface area (Å²) >= 11 is 5.82. The second-order valence-corrected chi connectivity index (χ2v) is 7.06. The summed E-state index contributed by atoms with van der Waals surface area (Å²) in [5.74, 6) is 0.863. The Bertz CT molecular complexity index is 514. The number of nitrogens with one attached hydrogen (secondary N) is 1. The van der Waals surface area contributed by atoms with Crippen molar-refractivity contribution in [2.45, 2.75) is 45.3 Å². The van der Waals surface area contributed by atoms with Crippen molar-refractivity contribution in [1.29, 1.82) is 0 Å². The second-order valence-electron chi connectivity index (χ2n) is 6.63. The van der Waals surface area contributed by atoms with Crippen LogP contribution in [0.4, 0.5) is 0 Å². The minimum absolute atomic E-state index is 0.0865. The molecule has 0 radical (unpaired) electrons. The minimum atomic E-state index is 0.0865. The molecule has 6 heteroatoms. The van der Waals surface area contributed by atoms with Gasteiger partial charge < -0.3 is 14.8 Å². The summed E-state index contributed by atoms with van der Waals surface area (Å²) in [5, 5.41) is 3.67. The zero-order valence-electron chi connectivity index (χ0n) is 15.2. The molecule has 1 aliphatic rings. The van der Waals surface area contributed by atoms with Crippen molar-refractivity contribution in [3.8, 4) is 5.75 Å². The summed E-state index contributed by atoms with van der Waals surface area (Å²) in [6.07, 6.45) is 2.73. The normalized spacial score (nSPS) is 21.1. The first-order chi connectivity index (χ1) is 12.0. The van der Waals surface area contributed by atoms with Crippen LogP contribution in [0.2, 0.25) is 5.02 Å². The number of morpholine rings is 1. The fraction of sp³-hybridized carbons (Fsp3) is 0.632. The van der Waals surface area contributed by atoms with E-state index in [1.165, 1.54) is 0 Å². The third-order valence-electron chi connectivity index (χ3n) is 4.10. The standard InChI is InChI=1S/C19H29ClN2O3/c1-15-13-22(14-16(2)25-15)11-4-10-21-19(23)5-3-12-24-18-8-6-17(20)7-9-18/h6-9,15-16H,3-5,10-14H2,1-2H3,(H,21,23). The van der Waals surface area contributed by atoms with Crippen LogP contribution in [0.25, 0.3) is 0 Å². The number of carbonyl (C=O) groups excluding carboxylic acids is 1. The Kier molecular flexibility index (Phi) is 8.52. The quantitative estimate of drug-likeness (QED) is 0.680. The molecule has 1 heterocycles. The molecule has 1 N–H and O–H groups in total. The van der Waals surface area contributed by atoms with Gasteiger partial charge in [0.1, 0.15) is 5.75 Å². The Morgan fingerprint density at radius 3 is 2.60 bits per heavy atom. The van der Waals surface area contributed by atoms with E-state index in [4.69, 9.17) is 21.1 Å². The largest absolute Gasteiger partial charge is 0.494 e. The van der Waals surface area contributed by atoms with Crippen molar-refractivity contribution in [1.82, 2.24) is 10.2 Å². The molecule has 2 unspecified atom stereocenters. The monoisotopic (exact) mass is 368 g/mol. The van der Waals surface area contributed by atoms with E-state index in [1.807, 2.05) is 12.1 Å². The van der Waals surface area contributed by atoms with Gasteiger partial charge >= 0.3 is 0 Å². The highest BCUT2D eigenvalue weighted by Crippen LogP contribution is 2.15. The van der Waals surface area contributed by atoms with Crippen LogP contribution >= 0.6 is 11.6 Å². The van der Waals surface area contributed by atoms with Crippen molar-refractivity contribution < 1.29 is 14.3 Å². The fourth-order valence-corrected chi connectivity index (χ4v) is 3.17. The van der Waals surface area contributed by atoms with Crippen LogP contribution in [0.3, 0.4) is 0 Å². The third-order valence-corrected chi connectivity index (χ3v) is 4.35. The lowest BCUT2D eigenvalue weighted by molar-refractivity contribution is -0.121. The van der Waals surface area contributed by atoms with E-state index in [1.54, 1.807) is 12.1 Å². The van der Waals surface area contributed by atoms with Gasteiger partial charge in [-0.15, -0.1) is 0 Å². The first kappa shape index (κ1) is 20.0. The van der Waals surface area contributed by atoms with Gasteiger partial charge in [-0.2, -0.15) is 0 Å². The number of benzene rings is 1. The zero-order valence-corrected chi connectivity index (χ0v) is 15.9.